The molecule has 5 N–H and O–H groups in total. The van der Waals surface area contributed by atoms with E-state index >= 15 is 0 Å². The summed E-state index contributed by atoms with van der Waals surface area (Å²) in [7, 11) is 0. The van der Waals surface area contributed by atoms with Crippen LogP contribution in [0.1, 0.15) is 41.5 Å². The number of aliphatic hydroxyl groups is 1. The molecule has 24 heavy (non-hydrogen) atoms. The summed E-state index contributed by atoms with van der Waals surface area (Å²) in [4.78, 5) is 49.3. The average Bonchev–Trinajstić information content (AvgIpc) is 2.41. The van der Waals surface area contributed by atoms with Crippen LogP contribution in [0.5, 0.6) is 0 Å². The highest BCUT2D eigenvalue weighted by atomic mass is 16.3. The molecule has 0 spiro atoms. The first kappa shape index (κ1) is 19.9. The van der Waals surface area contributed by atoms with Crippen molar-refractivity contribution in [2.75, 3.05) is 0 Å². The van der Waals surface area contributed by atoms with Crippen LogP contribution in [0.2, 0.25) is 0 Å². The van der Waals surface area contributed by atoms with Gasteiger partial charge in [-0.15, -0.1) is 0 Å². The zero-order valence-electron chi connectivity index (χ0n) is 14.8. The third kappa shape index (κ3) is 4.44. The van der Waals surface area contributed by atoms with Crippen molar-refractivity contribution < 1.29 is 24.3 Å². The number of carbonyl (C=O) groups is 4. The number of carbonyl (C=O) groups excluding carboxylic acids is 4. The molecule has 1 rings (SSSR count). The number of nitrogens with one attached hydrogen (secondary N) is 4. The van der Waals surface area contributed by atoms with E-state index in [0.29, 0.717) is 0 Å². The van der Waals surface area contributed by atoms with Crippen LogP contribution in [0.25, 0.3) is 0 Å². The molecule has 0 aromatic heterocycles. The van der Waals surface area contributed by atoms with Crippen molar-refractivity contribution in [3.8, 4) is 0 Å². The van der Waals surface area contributed by atoms with Crippen LogP contribution < -0.4 is 21.3 Å². The van der Waals surface area contributed by atoms with E-state index in [9.17, 15) is 24.3 Å². The van der Waals surface area contributed by atoms with Crippen molar-refractivity contribution >= 4 is 23.6 Å². The molecule has 1 aliphatic heterocycles. The summed E-state index contributed by atoms with van der Waals surface area (Å²) >= 11 is 0. The summed E-state index contributed by atoms with van der Waals surface area (Å²) in [5.41, 5.74) is -2.67. The molecule has 1 aliphatic rings. The Labute approximate surface area is 140 Å². The first-order chi connectivity index (χ1) is 10.8. The molecule has 4 amide bonds. The van der Waals surface area contributed by atoms with Gasteiger partial charge in [-0.2, -0.15) is 0 Å². The molecule has 136 valence electrons. The lowest BCUT2D eigenvalue weighted by Gasteiger charge is -2.34. The number of rotatable bonds is 1. The van der Waals surface area contributed by atoms with Crippen molar-refractivity contribution in [3.05, 3.63) is 0 Å². The lowest BCUT2D eigenvalue weighted by atomic mass is 9.98. The monoisotopic (exact) mass is 342 g/mol. The molecule has 0 saturated carbocycles. The fourth-order valence-electron chi connectivity index (χ4n) is 2.09. The van der Waals surface area contributed by atoms with Gasteiger partial charge in [0.05, 0.1) is 6.10 Å². The Balaban J connectivity index is 3.25. The van der Waals surface area contributed by atoms with Gasteiger partial charge in [-0.1, -0.05) is 0 Å². The van der Waals surface area contributed by atoms with Crippen molar-refractivity contribution in [2.24, 2.45) is 0 Å². The van der Waals surface area contributed by atoms with Crippen LogP contribution in [0.15, 0.2) is 0 Å². The molecule has 0 aromatic carbocycles. The van der Waals surface area contributed by atoms with Gasteiger partial charge in [0.25, 0.3) is 0 Å². The number of aliphatic hydroxyl groups excluding tert-OH is 1. The lowest BCUT2D eigenvalue weighted by molar-refractivity contribution is -0.141. The number of hydrogen-bond donors (Lipinski definition) is 5. The second-order valence-corrected chi connectivity index (χ2v) is 7.12. The maximum absolute atomic E-state index is 12.4. The minimum atomic E-state index is -1.34. The maximum Gasteiger partial charge on any atom is 0.246 e. The van der Waals surface area contributed by atoms with Gasteiger partial charge in [-0.3, -0.25) is 19.2 Å². The highest BCUT2D eigenvalue weighted by molar-refractivity contribution is 5.99. The van der Waals surface area contributed by atoms with Gasteiger partial charge < -0.3 is 26.4 Å². The standard InChI is InChI=1S/C15H26N4O5/c1-7-10(21)18-15(5,6)13(24)17-9(8(2)20)11(22)19-14(3,4)12(23)16-7/h7-9,20H,1-6H3,(H,16,23)(H,17,24)(H,18,21)(H,19,22)/t7-,8+,9-/m0/s1. The SMILES string of the molecule is C[C@@H]1NC(=O)C(C)(C)NC(=O)[C@H]([C@@H](C)O)NC(=O)C(C)(C)NC1=O. The quantitative estimate of drug-likeness (QED) is 0.381. The van der Waals surface area contributed by atoms with E-state index in [1.54, 1.807) is 0 Å². The minimum absolute atomic E-state index is 0.542. The van der Waals surface area contributed by atoms with Crippen molar-refractivity contribution in [1.82, 2.24) is 21.3 Å². The third-order valence-electron chi connectivity index (χ3n) is 3.80. The van der Waals surface area contributed by atoms with Crippen LogP contribution in [0.3, 0.4) is 0 Å². The Morgan fingerprint density at radius 1 is 0.875 bits per heavy atom. The minimum Gasteiger partial charge on any atom is -0.391 e. The van der Waals surface area contributed by atoms with E-state index in [2.05, 4.69) is 21.3 Å². The molecular formula is C15H26N4O5. The Kier molecular flexibility index (Phi) is 5.60. The predicted molar refractivity (Wildman–Crippen MR) is 85.7 cm³/mol. The van der Waals surface area contributed by atoms with E-state index in [0.717, 1.165) is 0 Å². The van der Waals surface area contributed by atoms with Gasteiger partial charge in [0, 0.05) is 0 Å². The Morgan fingerprint density at radius 2 is 1.29 bits per heavy atom. The van der Waals surface area contributed by atoms with Crippen LogP contribution in [-0.2, 0) is 19.2 Å². The van der Waals surface area contributed by atoms with Crippen LogP contribution in [-0.4, -0.2) is 58.0 Å². The van der Waals surface area contributed by atoms with Gasteiger partial charge in [-0.25, -0.2) is 0 Å². The zero-order valence-corrected chi connectivity index (χ0v) is 14.8. The topological polar surface area (TPSA) is 137 Å². The van der Waals surface area contributed by atoms with Gasteiger partial charge >= 0.3 is 0 Å². The summed E-state index contributed by atoms with van der Waals surface area (Å²) in [5.74, 6) is -2.44. The smallest absolute Gasteiger partial charge is 0.246 e. The predicted octanol–water partition coefficient (Wildman–Crippen LogP) is -1.84. The molecule has 1 fully saturated rings. The molecule has 1 heterocycles. The highest BCUT2D eigenvalue weighted by Crippen LogP contribution is 2.10. The van der Waals surface area contributed by atoms with Crippen molar-refractivity contribution in [3.63, 3.8) is 0 Å². The number of hydrogen-bond acceptors (Lipinski definition) is 5. The molecule has 0 radical (unpaired) electrons. The first-order valence-electron chi connectivity index (χ1n) is 7.72. The highest BCUT2D eigenvalue weighted by Gasteiger charge is 2.40. The van der Waals surface area contributed by atoms with E-state index in [1.165, 1.54) is 41.5 Å². The van der Waals surface area contributed by atoms with Crippen molar-refractivity contribution in [2.45, 2.75) is 70.8 Å². The molecule has 0 bridgehead atoms. The van der Waals surface area contributed by atoms with E-state index < -0.39 is 52.9 Å². The van der Waals surface area contributed by atoms with Crippen LogP contribution >= 0.6 is 0 Å². The van der Waals surface area contributed by atoms with E-state index in [-0.39, 0.29) is 0 Å². The van der Waals surface area contributed by atoms with Gasteiger partial charge in [0.2, 0.25) is 23.6 Å². The van der Waals surface area contributed by atoms with Crippen molar-refractivity contribution in [1.29, 1.82) is 0 Å². The largest absolute Gasteiger partial charge is 0.391 e. The van der Waals surface area contributed by atoms with E-state index in [4.69, 9.17) is 0 Å². The normalized spacial score (nSPS) is 29.1. The first-order valence-corrected chi connectivity index (χ1v) is 7.72. The van der Waals surface area contributed by atoms with Gasteiger partial charge in [0.1, 0.15) is 23.2 Å². The third-order valence-corrected chi connectivity index (χ3v) is 3.80. The van der Waals surface area contributed by atoms with Gasteiger partial charge in [-0.05, 0) is 41.5 Å². The average molecular weight is 342 g/mol. The molecule has 3 atom stereocenters. The number of amides is 4. The van der Waals surface area contributed by atoms with Crippen LogP contribution in [0, 0.1) is 0 Å². The Bertz CT molecular complexity index is 554. The lowest BCUT2D eigenvalue weighted by Crippen LogP contribution is -2.67. The molecule has 0 aliphatic carbocycles. The second-order valence-electron chi connectivity index (χ2n) is 7.12. The van der Waals surface area contributed by atoms with Crippen LogP contribution in [0.4, 0.5) is 0 Å². The fourth-order valence-corrected chi connectivity index (χ4v) is 2.09. The molecule has 0 aromatic rings. The van der Waals surface area contributed by atoms with Gasteiger partial charge in [0.15, 0.2) is 0 Å². The van der Waals surface area contributed by atoms with E-state index in [1.807, 2.05) is 0 Å². The molecule has 1 saturated heterocycles. The Hall–Kier alpha value is -2.16. The Morgan fingerprint density at radius 3 is 1.75 bits per heavy atom. The summed E-state index contributed by atoms with van der Waals surface area (Å²) in [6.45, 7) is 8.66. The second kappa shape index (κ2) is 6.76. The summed E-state index contributed by atoms with van der Waals surface area (Å²) in [5, 5.41) is 19.7. The summed E-state index contributed by atoms with van der Waals surface area (Å²) in [6, 6.07) is -2.16. The molecule has 0 unspecified atom stereocenters. The molecule has 9 heteroatoms. The molecule has 9 nitrogen and oxygen atoms in total. The summed E-state index contributed by atoms with van der Waals surface area (Å²) in [6.07, 6.45) is -1.19. The zero-order chi connectivity index (χ0) is 18.9. The summed E-state index contributed by atoms with van der Waals surface area (Å²) < 4.78 is 0. The maximum atomic E-state index is 12.4. The fraction of sp³-hybridized carbons (Fsp3) is 0.733. The molecular weight excluding hydrogens is 316 g/mol.